The van der Waals surface area contributed by atoms with Crippen LogP contribution in [0.5, 0.6) is 0 Å². The fourth-order valence-electron chi connectivity index (χ4n) is 1.20. The van der Waals surface area contributed by atoms with Gasteiger partial charge in [-0.3, -0.25) is 0 Å². The van der Waals surface area contributed by atoms with Gasteiger partial charge >= 0.3 is 18.9 Å². The second kappa shape index (κ2) is 5.87. The molecule has 0 aliphatic carbocycles. The average Bonchev–Trinajstić information content (AvgIpc) is 2.03. The first-order valence-corrected chi connectivity index (χ1v) is 4.05. The van der Waals surface area contributed by atoms with Crippen LogP contribution in [-0.2, 0) is 6.54 Å². The molecule has 0 amide bonds. The van der Waals surface area contributed by atoms with Crippen molar-refractivity contribution in [2.45, 2.75) is 6.54 Å². The number of carbonyl (C=O) groups excluding carboxylic acids is 1. The van der Waals surface area contributed by atoms with Crippen molar-refractivity contribution in [2.24, 2.45) is 0 Å². The van der Waals surface area contributed by atoms with Crippen molar-refractivity contribution in [3.8, 4) is 0 Å². The van der Waals surface area contributed by atoms with Crippen LogP contribution in [0.2, 0.25) is 0 Å². The predicted molar refractivity (Wildman–Crippen MR) is 48.2 cm³/mol. The Hall–Kier alpha value is -0.753. The van der Waals surface area contributed by atoms with E-state index >= 15 is 0 Å². The van der Waals surface area contributed by atoms with Crippen LogP contribution in [0.25, 0.3) is 0 Å². The molecule has 3 nitrogen and oxygen atoms in total. The second-order valence-corrected chi connectivity index (χ2v) is 3.18. The quantitative estimate of drug-likeness (QED) is 0.475. The van der Waals surface area contributed by atoms with E-state index in [1.807, 2.05) is 25.1 Å². The Morgan fingerprint density at radius 2 is 1.93 bits per heavy atom. The Bertz CT molecular complexity index is 313. The van der Waals surface area contributed by atoms with E-state index in [0.717, 1.165) is 5.56 Å². The molecular weight excluding hydrogens is 173 g/mol. The van der Waals surface area contributed by atoms with Gasteiger partial charge in [0.2, 0.25) is 0 Å². The van der Waals surface area contributed by atoms with Gasteiger partial charge in [-0.1, -0.05) is 24.3 Å². The fourth-order valence-corrected chi connectivity index (χ4v) is 1.20. The molecule has 0 heterocycles. The van der Waals surface area contributed by atoms with Gasteiger partial charge in [0.1, 0.15) is 0 Å². The second-order valence-electron chi connectivity index (χ2n) is 3.18. The molecule has 0 bridgehead atoms. The molecule has 0 fully saturated rings. The standard InChI is InChI=1S/C10H13NO2.Li/c1-11(2)7-8-5-3-4-6-9(8)10(12)13;/h3-6H,7H2,1-2H3,(H,12,13);/q;+1/p-1. The van der Waals surface area contributed by atoms with E-state index in [-0.39, 0.29) is 24.4 Å². The number of nitrogens with zero attached hydrogens (tertiary/aromatic N) is 1. The zero-order valence-corrected chi connectivity index (χ0v) is 8.78. The average molecular weight is 185 g/mol. The van der Waals surface area contributed by atoms with Crippen molar-refractivity contribution in [1.82, 2.24) is 4.90 Å². The van der Waals surface area contributed by atoms with Crippen molar-refractivity contribution < 1.29 is 28.8 Å². The summed E-state index contributed by atoms with van der Waals surface area (Å²) in [5.41, 5.74) is 1.06. The van der Waals surface area contributed by atoms with E-state index in [1.165, 1.54) is 0 Å². The molecule has 0 saturated heterocycles. The van der Waals surface area contributed by atoms with Gasteiger partial charge in [0, 0.05) is 12.1 Å². The summed E-state index contributed by atoms with van der Waals surface area (Å²) in [6, 6.07) is 6.88. The van der Waals surface area contributed by atoms with Gasteiger partial charge in [-0.15, -0.1) is 0 Å². The van der Waals surface area contributed by atoms with E-state index in [9.17, 15) is 9.90 Å². The molecule has 70 valence electrons. The third kappa shape index (κ3) is 3.55. The minimum atomic E-state index is -1.11. The van der Waals surface area contributed by atoms with Crippen molar-refractivity contribution in [3.63, 3.8) is 0 Å². The summed E-state index contributed by atoms with van der Waals surface area (Å²) in [7, 11) is 3.79. The molecule has 0 unspecified atom stereocenters. The van der Waals surface area contributed by atoms with E-state index < -0.39 is 5.97 Å². The molecule has 0 aromatic heterocycles. The summed E-state index contributed by atoms with van der Waals surface area (Å²) in [6.45, 7) is 0.615. The molecule has 0 saturated carbocycles. The largest absolute Gasteiger partial charge is 1.00 e. The number of carboxylic acid groups (broad SMARTS) is 1. The van der Waals surface area contributed by atoms with Gasteiger partial charge in [0.05, 0.1) is 5.97 Å². The number of benzene rings is 1. The minimum absolute atomic E-state index is 0. The number of aromatic carboxylic acids is 1. The van der Waals surface area contributed by atoms with Gasteiger partial charge in [-0.2, -0.15) is 0 Å². The zero-order chi connectivity index (χ0) is 9.84. The summed E-state index contributed by atoms with van der Waals surface area (Å²) in [6.07, 6.45) is 0. The topological polar surface area (TPSA) is 43.4 Å². The van der Waals surface area contributed by atoms with Crippen LogP contribution >= 0.6 is 0 Å². The third-order valence-corrected chi connectivity index (χ3v) is 1.72. The van der Waals surface area contributed by atoms with E-state index in [1.54, 1.807) is 18.2 Å². The number of carboxylic acids is 1. The Kier molecular flexibility index (Phi) is 5.55. The van der Waals surface area contributed by atoms with E-state index in [2.05, 4.69) is 0 Å². The molecule has 1 aromatic carbocycles. The van der Waals surface area contributed by atoms with E-state index in [0.29, 0.717) is 6.54 Å². The molecule has 0 spiro atoms. The molecule has 0 radical (unpaired) electrons. The predicted octanol–water partition coefficient (Wildman–Crippen LogP) is -2.88. The van der Waals surface area contributed by atoms with Crippen LogP contribution in [0, 0.1) is 0 Å². The van der Waals surface area contributed by atoms with Crippen LogP contribution in [0.4, 0.5) is 0 Å². The summed E-state index contributed by atoms with van der Waals surface area (Å²) in [5.74, 6) is -1.11. The van der Waals surface area contributed by atoms with Crippen molar-refractivity contribution in [1.29, 1.82) is 0 Å². The summed E-state index contributed by atoms with van der Waals surface area (Å²) < 4.78 is 0. The maximum absolute atomic E-state index is 10.7. The summed E-state index contributed by atoms with van der Waals surface area (Å²) >= 11 is 0. The first-order valence-electron chi connectivity index (χ1n) is 4.05. The van der Waals surface area contributed by atoms with Gasteiger partial charge in [-0.05, 0) is 19.7 Å². The van der Waals surface area contributed by atoms with Gasteiger partial charge in [-0.25, -0.2) is 0 Å². The summed E-state index contributed by atoms with van der Waals surface area (Å²) in [5, 5.41) is 10.7. The Labute approximate surface area is 95.9 Å². The molecule has 0 atom stereocenters. The fraction of sp³-hybridized carbons (Fsp3) is 0.300. The first-order chi connectivity index (χ1) is 6.11. The third-order valence-electron chi connectivity index (χ3n) is 1.72. The van der Waals surface area contributed by atoms with Crippen molar-refractivity contribution >= 4 is 5.97 Å². The summed E-state index contributed by atoms with van der Waals surface area (Å²) in [4.78, 5) is 12.6. The number of hydrogen-bond acceptors (Lipinski definition) is 3. The molecule has 4 heteroatoms. The Morgan fingerprint density at radius 3 is 2.43 bits per heavy atom. The maximum atomic E-state index is 10.7. The maximum Gasteiger partial charge on any atom is 1.00 e. The van der Waals surface area contributed by atoms with Crippen LogP contribution in [0.3, 0.4) is 0 Å². The van der Waals surface area contributed by atoms with Gasteiger partial charge in [0.15, 0.2) is 0 Å². The molecule has 0 N–H and O–H groups in total. The molecule has 0 aliphatic heterocycles. The van der Waals surface area contributed by atoms with Crippen LogP contribution in [0.1, 0.15) is 15.9 Å². The van der Waals surface area contributed by atoms with Crippen LogP contribution < -0.4 is 24.0 Å². The van der Waals surface area contributed by atoms with Gasteiger partial charge in [0.25, 0.3) is 0 Å². The molecule has 14 heavy (non-hydrogen) atoms. The SMILES string of the molecule is CN(C)Cc1ccccc1C(=O)[O-].[Li+]. The number of hydrogen-bond donors (Lipinski definition) is 0. The molecule has 1 aromatic rings. The molecule has 1 rings (SSSR count). The van der Waals surface area contributed by atoms with Crippen molar-refractivity contribution in [3.05, 3.63) is 35.4 Å². The number of rotatable bonds is 3. The minimum Gasteiger partial charge on any atom is -0.545 e. The Morgan fingerprint density at radius 1 is 1.36 bits per heavy atom. The zero-order valence-electron chi connectivity index (χ0n) is 8.78. The van der Waals surface area contributed by atoms with Crippen LogP contribution in [-0.4, -0.2) is 25.0 Å². The molecular formula is C10H12LiNO2. The van der Waals surface area contributed by atoms with Gasteiger partial charge < -0.3 is 14.8 Å². The van der Waals surface area contributed by atoms with E-state index in [4.69, 9.17) is 0 Å². The monoisotopic (exact) mass is 185 g/mol. The normalized spacial score (nSPS) is 9.64. The number of carbonyl (C=O) groups is 1. The smallest absolute Gasteiger partial charge is 0.545 e. The van der Waals surface area contributed by atoms with Crippen molar-refractivity contribution in [2.75, 3.05) is 14.1 Å². The van der Waals surface area contributed by atoms with Crippen LogP contribution in [0.15, 0.2) is 24.3 Å². The Balaban J connectivity index is 0.00000169. The molecule has 0 aliphatic rings. The first kappa shape index (κ1) is 13.2.